The first kappa shape index (κ1) is 83.3. The van der Waals surface area contributed by atoms with Crippen molar-refractivity contribution in [3.8, 4) is 68.0 Å². The number of piperazine rings is 1. The number of nitrogens with zero attached hydrogens (tertiary/aromatic N) is 15. The maximum absolute atomic E-state index is 14.5. The van der Waals surface area contributed by atoms with Crippen molar-refractivity contribution in [3.05, 3.63) is 262 Å². The Labute approximate surface area is 709 Å². The zero-order chi connectivity index (χ0) is 85.0. The van der Waals surface area contributed by atoms with Crippen LogP contribution in [-0.2, 0) is 4.74 Å². The summed E-state index contributed by atoms with van der Waals surface area (Å²) < 4.78 is 50.4. The van der Waals surface area contributed by atoms with Crippen molar-refractivity contribution < 1.29 is 28.1 Å². The quantitative estimate of drug-likeness (QED) is 0.0891. The summed E-state index contributed by atoms with van der Waals surface area (Å²) >= 11 is 1.65. The van der Waals surface area contributed by atoms with Crippen LogP contribution in [0.1, 0.15) is 90.9 Å². The van der Waals surface area contributed by atoms with Gasteiger partial charge in [0.2, 0.25) is 0 Å². The summed E-state index contributed by atoms with van der Waals surface area (Å²) in [6, 6.07) is 38.2. The topological polar surface area (TPSA) is 239 Å². The molecule has 1 saturated heterocycles. The predicted octanol–water partition coefficient (Wildman–Crippen LogP) is 14.4. The van der Waals surface area contributed by atoms with Crippen LogP contribution in [0.25, 0.3) is 100 Å². The molecule has 0 atom stereocenters. The van der Waals surface area contributed by atoms with Crippen LogP contribution in [0, 0.1) is 33.5 Å². The van der Waals surface area contributed by atoms with Gasteiger partial charge in [0.15, 0.2) is 34.5 Å². The van der Waals surface area contributed by atoms with E-state index in [1.165, 1.54) is 48.1 Å². The van der Waals surface area contributed by atoms with Gasteiger partial charge in [-0.05, 0) is 216 Å². The van der Waals surface area contributed by atoms with E-state index in [2.05, 4.69) is 96.2 Å². The molecule has 1 N–H and O–H groups in total. The Balaban J connectivity index is 0.000000121. The maximum atomic E-state index is 14.5. The summed E-state index contributed by atoms with van der Waals surface area (Å²) in [7, 11) is 8.11. The van der Waals surface area contributed by atoms with Crippen LogP contribution in [0.2, 0.25) is 0 Å². The van der Waals surface area contributed by atoms with Crippen LogP contribution < -0.4 is 51.4 Å². The molecule has 2 fully saturated rings. The highest BCUT2D eigenvalue weighted by atomic mass is 32.1. The van der Waals surface area contributed by atoms with Gasteiger partial charge in [0.05, 0.1) is 84.4 Å². The van der Waals surface area contributed by atoms with Crippen LogP contribution in [-0.4, -0.2) is 193 Å². The fourth-order valence-corrected chi connectivity index (χ4v) is 17.4. The summed E-state index contributed by atoms with van der Waals surface area (Å²) in [5.41, 5.74) is 19.7. The number of hydrogen-bond donors (Lipinski definition) is 1. The number of pyridine rings is 5. The maximum Gasteiger partial charge on any atom is 0.258 e. The first-order valence-electron chi connectivity index (χ1n) is 41.5. The van der Waals surface area contributed by atoms with Crippen molar-refractivity contribution in [2.75, 3.05) is 119 Å². The van der Waals surface area contributed by atoms with Crippen LogP contribution in [0.4, 0.5) is 10.1 Å². The van der Waals surface area contributed by atoms with Crippen molar-refractivity contribution in [3.63, 3.8) is 0 Å². The second-order valence-electron chi connectivity index (χ2n) is 31.8. The lowest BCUT2D eigenvalue weighted by Gasteiger charge is -2.39. The van der Waals surface area contributed by atoms with Crippen molar-refractivity contribution in [2.45, 2.75) is 92.2 Å². The number of aromatic nitrogens is 11. The van der Waals surface area contributed by atoms with Gasteiger partial charge in [-0.2, -0.15) is 0 Å². The highest BCUT2D eigenvalue weighted by Crippen LogP contribution is 2.37. The van der Waals surface area contributed by atoms with E-state index in [9.17, 15) is 23.6 Å². The molecule has 5 aliphatic rings. The molecule has 1 saturated carbocycles. The highest BCUT2D eigenvalue weighted by molar-refractivity contribution is 7.18. The number of thiazole rings is 1. The van der Waals surface area contributed by atoms with E-state index in [1.807, 2.05) is 119 Å². The zero-order valence-corrected chi connectivity index (χ0v) is 71.6. The van der Waals surface area contributed by atoms with Crippen LogP contribution in [0.15, 0.2) is 196 Å². The molecule has 122 heavy (non-hydrogen) atoms. The lowest BCUT2D eigenvalue weighted by atomic mass is 9.89. The fourth-order valence-electron chi connectivity index (χ4n) is 16.5. The van der Waals surface area contributed by atoms with Gasteiger partial charge >= 0.3 is 0 Å². The number of aryl methyl sites for hydroxylation is 4. The normalized spacial score (nSPS) is 15.5. The van der Waals surface area contributed by atoms with Crippen LogP contribution in [0.5, 0.6) is 23.0 Å². The molecule has 628 valence electrons. The summed E-state index contributed by atoms with van der Waals surface area (Å²) in [4.78, 5) is 89.0. The molecule has 19 rings (SSSR count). The molecule has 0 bridgehead atoms. The number of imidazole rings is 1. The molecule has 0 amide bonds. The third-order valence-electron chi connectivity index (χ3n) is 23.6. The number of nitrogens with one attached hydrogen (secondary N) is 1. The molecular weight excluding hydrogens is 1560 g/mol. The minimum absolute atomic E-state index is 0.0630. The molecule has 4 aliphatic heterocycles. The first-order valence-corrected chi connectivity index (χ1v) is 42.3. The van der Waals surface area contributed by atoms with Gasteiger partial charge in [0, 0.05) is 168 Å². The standard InChI is InChI=1S/C26H29N3O3.C25H29N3O3.C23H25FN6O2.C21H18N4OS/c1-17-13-20(18-9-11-28(12-10-18)21-5-4-6-21)16-29-25(30)15-22(27-26(17)29)19-7-8-23(31-2)24(14-19)32-3;1-16(2)27-10-8-18(9-11-27)20-12-17(3)25-26-21(14-24(29)28(25)15-20)19-6-7-22(30-4)23(13-19)31-5;1-16-13-29-14-17(11-19(24)23(29)25-16)20-12-22(31)30-15-18(3-4-21(30)26-20)28-7-5-27(6-8-28)9-10-32-2;1-13-23-17-4-2-15(10-19(17)27-13)18-11-21(26)25-12-16(3-5-20(25)24-18)14-6-8-22-9-7-14/h7-9,13-16,21H,4-6,10-12H2,1-3H3;6-8,12-16H,9-11H2,1-5H3;3-4,11-15H,5-10H2,1-2H3;2-6,10-12,22H,7-9H2,1H3. The molecule has 11 aromatic heterocycles. The van der Waals surface area contributed by atoms with E-state index in [4.69, 9.17) is 38.6 Å². The Hall–Kier alpha value is -12.4. The average molecular weight is 1660 g/mol. The molecule has 0 radical (unpaired) electrons. The van der Waals surface area contributed by atoms with Gasteiger partial charge in [0.1, 0.15) is 22.6 Å². The first-order chi connectivity index (χ1) is 59.2. The number of anilines is 1. The minimum Gasteiger partial charge on any atom is -0.493 e. The third-order valence-corrected chi connectivity index (χ3v) is 24.5. The predicted molar refractivity (Wildman–Crippen MR) is 482 cm³/mol. The molecule has 25 nitrogen and oxygen atoms in total. The van der Waals surface area contributed by atoms with E-state index in [0.29, 0.717) is 80.0 Å². The van der Waals surface area contributed by atoms with Crippen LogP contribution >= 0.6 is 11.3 Å². The average Bonchev–Trinajstić information content (AvgIpc) is 1.46. The lowest BCUT2D eigenvalue weighted by Crippen LogP contribution is -2.47. The summed E-state index contributed by atoms with van der Waals surface area (Å²) in [5.74, 6) is 2.05. The lowest BCUT2D eigenvalue weighted by molar-refractivity contribution is 0.141. The van der Waals surface area contributed by atoms with Crippen molar-refractivity contribution in [1.82, 2.24) is 71.9 Å². The summed E-state index contributed by atoms with van der Waals surface area (Å²) in [6.07, 6.45) is 24.9. The highest BCUT2D eigenvalue weighted by Gasteiger charge is 2.28. The van der Waals surface area contributed by atoms with Crippen molar-refractivity contribution in [2.24, 2.45) is 0 Å². The van der Waals surface area contributed by atoms with Crippen molar-refractivity contribution >= 4 is 72.2 Å². The molecule has 27 heteroatoms. The van der Waals surface area contributed by atoms with E-state index in [1.54, 1.807) is 99.5 Å². The monoisotopic (exact) mass is 1660 g/mol. The molecule has 3 aromatic carbocycles. The molecule has 1 aliphatic carbocycles. The van der Waals surface area contributed by atoms with E-state index in [0.717, 1.165) is 175 Å². The molecular formula is C95H101FN16O9S. The van der Waals surface area contributed by atoms with Gasteiger partial charge in [-0.15, -0.1) is 11.3 Å². The van der Waals surface area contributed by atoms with Gasteiger partial charge in [0.25, 0.3) is 22.2 Å². The zero-order valence-electron chi connectivity index (χ0n) is 70.8. The van der Waals surface area contributed by atoms with E-state index < -0.39 is 5.82 Å². The van der Waals surface area contributed by atoms with Gasteiger partial charge in [-0.3, -0.25) is 51.5 Å². The Bertz CT molecular complexity index is 6670. The number of rotatable bonds is 17. The Morgan fingerprint density at radius 1 is 0.484 bits per heavy atom. The second-order valence-corrected chi connectivity index (χ2v) is 33.0. The number of fused-ring (bicyclic) bond motifs is 6. The SMILES string of the molecule is COCCN1CCN(c2ccc3nc(-c4cc(F)c5nc(C)cn5c4)cc(=O)n3c2)CC1.COc1ccc(-c2cc(=O)n3cc(C4=CCN(C(C)C)CC4)cc(C)c3n2)cc1OC.COc1ccc(-c2cc(=O)n3cc(C4=CCN(C5CCC5)CC4)cc(C)c3n2)cc1OC.Cc1nc2ccc(-c3cc(=O)n4cc(C5=CCNCC5)ccc4n3)cc2s1. The number of ether oxygens (including phenoxy) is 5. The number of hydrogen-bond acceptors (Lipinski definition) is 21. The molecule has 0 unspecified atom stereocenters. The summed E-state index contributed by atoms with van der Waals surface area (Å²) in [5, 5.41) is 4.35. The Morgan fingerprint density at radius 3 is 1.57 bits per heavy atom. The Kier molecular flexibility index (Phi) is 24.9. The van der Waals surface area contributed by atoms with Gasteiger partial charge in [-0.1, -0.05) is 30.7 Å². The molecule has 0 spiro atoms. The third kappa shape index (κ3) is 18.0. The molecule has 15 heterocycles. The number of halogens is 1. The van der Waals surface area contributed by atoms with Crippen LogP contribution in [0.3, 0.4) is 0 Å². The second kappa shape index (κ2) is 36.5. The largest absolute Gasteiger partial charge is 0.493 e. The smallest absolute Gasteiger partial charge is 0.258 e. The van der Waals surface area contributed by atoms with Gasteiger partial charge in [-0.25, -0.2) is 34.3 Å². The van der Waals surface area contributed by atoms with E-state index >= 15 is 0 Å². The minimum atomic E-state index is -0.447. The summed E-state index contributed by atoms with van der Waals surface area (Å²) in [6.45, 7) is 23.5. The van der Waals surface area contributed by atoms with Gasteiger partial charge < -0.3 is 38.3 Å². The molecule has 14 aromatic rings. The number of methoxy groups -OCH3 is 5. The van der Waals surface area contributed by atoms with E-state index in [-0.39, 0.29) is 27.9 Å². The fraction of sp³-hybridized carbons (Fsp3) is 0.326. The number of benzene rings is 3. The van der Waals surface area contributed by atoms with Crippen molar-refractivity contribution in [1.29, 1.82) is 0 Å². The Morgan fingerprint density at radius 2 is 1.02 bits per heavy atom.